The second kappa shape index (κ2) is 9.27. The molecule has 6 aromatic heterocycles. The van der Waals surface area contributed by atoms with Gasteiger partial charge in [-0.15, -0.1) is 11.3 Å². The Morgan fingerprint density at radius 3 is 2.71 bits per heavy atom. The number of hydrogen-bond donors (Lipinski definition) is 3. The van der Waals surface area contributed by atoms with E-state index in [-0.39, 0.29) is 17.6 Å². The zero-order valence-corrected chi connectivity index (χ0v) is 21.6. The molecular weight excluding hydrogens is 500 g/mol. The third kappa shape index (κ3) is 4.22. The van der Waals surface area contributed by atoms with Crippen molar-refractivity contribution in [2.45, 2.75) is 20.8 Å². The van der Waals surface area contributed by atoms with Crippen LogP contribution in [0.1, 0.15) is 30.4 Å². The molecule has 38 heavy (non-hydrogen) atoms. The monoisotopic (exact) mass is 522 g/mol. The van der Waals surface area contributed by atoms with Crippen molar-refractivity contribution in [1.82, 2.24) is 35.1 Å². The van der Waals surface area contributed by atoms with E-state index >= 15 is 0 Å². The third-order valence-electron chi connectivity index (χ3n) is 6.07. The number of amides is 1. The molecule has 6 rings (SSSR count). The Hall–Kier alpha value is -4.77. The predicted molar refractivity (Wildman–Crippen MR) is 147 cm³/mol. The SMILES string of the molecule is CC(=O)c1ccc(-c2ccnc3nc(-c4n[nH]c5ccc(-c6cncc(NC(=O)C(C)C)c6)nc45)[nH]c23)s1. The highest BCUT2D eigenvalue weighted by atomic mass is 32.1. The number of imidazole rings is 1. The van der Waals surface area contributed by atoms with Crippen molar-refractivity contribution in [3.8, 4) is 33.2 Å². The van der Waals surface area contributed by atoms with E-state index in [4.69, 9.17) is 4.98 Å². The maximum Gasteiger partial charge on any atom is 0.226 e. The van der Waals surface area contributed by atoms with Crippen molar-refractivity contribution in [3.05, 3.63) is 59.9 Å². The maximum atomic E-state index is 12.1. The topological polar surface area (TPSA) is 142 Å². The lowest BCUT2D eigenvalue weighted by Crippen LogP contribution is -2.17. The summed E-state index contributed by atoms with van der Waals surface area (Å²) in [6, 6.07) is 11.3. The highest BCUT2D eigenvalue weighted by molar-refractivity contribution is 7.17. The van der Waals surface area contributed by atoms with Gasteiger partial charge in [0.25, 0.3) is 0 Å². The summed E-state index contributed by atoms with van der Waals surface area (Å²) in [5.41, 5.74) is 6.18. The van der Waals surface area contributed by atoms with Crippen LogP contribution in [0.15, 0.2) is 55.0 Å². The number of nitrogens with one attached hydrogen (secondary N) is 3. The van der Waals surface area contributed by atoms with Crippen LogP contribution in [0.3, 0.4) is 0 Å². The van der Waals surface area contributed by atoms with Gasteiger partial charge in [0.1, 0.15) is 5.52 Å². The Labute approximate surface area is 220 Å². The quantitative estimate of drug-likeness (QED) is 0.246. The zero-order chi connectivity index (χ0) is 26.4. The van der Waals surface area contributed by atoms with E-state index in [0.717, 1.165) is 27.0 Å². The second-order valence-corrected chi connectivity index (χ2v) is 10.2. The van der Waals surface area contributed by atoms with Gasteiger partial charge in [0, 0.05) is 34.3 Å². The molecule has 0 radical (unpaired) electrons. The van der Waals surface area contributed by atoms with Crippen LogP contribution in [0, 0.1) is 5.92 Å². The van der Waals surface area contributed by atoms with Gasteiger partial charge in [0.15, 0.2) is 22.9 Å². The molecular formula is C27H22N8O2S. The van der Waals surface area contributed by atoms with Crippen molar-refractivity contribution in [2.75, 3.05) is 5.32 Å². The predicted octanol–water partition coefficient (Wildman–Crippen LogP) is 5.48. The van der Waals surface area contributed by atoms with E-state index < -0.39 is 0 Å². The molecule has 6 heterocycles. The van der Waals surface area contributed by atoms with Crippen molar-refractivity contribution < 1.29 is 9.59 Å². The van der Waals surface area contributed by atoms with Gasteiger partial charge in [-0.3, -0.25) is 19.7 Å². The van der Waals surface area contributed by atoms with Gasteiger partial charge in [-0.2, -0.15) is 5.10 Å². The highest BCUT2D eigenvalue weighted by Gasteiger charge is 2.18. The summed E-state index contributed by atoms with van der Waals surface area (Å²) in [6.45, 7) is 5.23. The number of hydrogen-bond acceptors (Lipinski definition) is 8. The fraction of sp³-hybridized carbons (Fsp3) is 0.148. The number of Topliss-reactive ketones (excluding diaryl/α,β-unsaturated/α-hetero) is 1. The molecule has 0 saturated heterocycles. The van der Waals surface area contributed by atoms with Crippen LogP contribution in [-0.4, -0.2) is 46.8 Å². The van der Waals surface area contributed by atoms with Gasteiger partial charge in [0.05, 0.1) is 33.5 Å². The molecule has 0 aliphatic heterocycles. The van der Waals surface area contributed by atoms with Crippen molar-refractivity contribution >= 4 is 50.9 Å². The first-order valence-electron chi connectivity index (χ1n) is 11.9. The van der Waals surface area contributed by atoms with Gasteiger partial charge in [-0.25, -0.2) is 15.0 Å². The van der Waals surface area contributed by atoms with Gasteiger partial charge in [0.2, 0.25) is 5.91 Å². The molecule has 1 amide bonds. The van der Waals surface area contributed by atoms with E-state index in [0.29, 0.717) is 38.9 Å². The average Bonchev–Trinajstić information content (AvgIpc) is 3.66. The Balaban J connectivity index is 1.40. The summed E-state index contributed by atoms with van der Waals surface area (Å²) in [6.07, 6.45) is 5.01. The number of anilines is 1. The van der Waals surface area contributed by atoms with Crippen molar-refractivity contribution in [3.63, 3.8) is 0 Å². The molecule has 0 spiro atoms. The number of aromatic nitrogens is 7. The molecule has 3 N–H and O–H groups in total. The summed E-state index contributed by atoms with van der Waals surface area (Å²) in [5.74, 6) is 0.332. The minimum Gasteiger partial charge on any atom is -0.335 e. The van der Waals surface area contributed by atoms with Crippen molar-refractivity contribution in [1.29, 1.82) is 0 Å². The Kier molecular flexibility index (Phi) is 5.76. The molecule has 0 aliphatic rings. The number of nitrogens with zero attached hydrogens (tertiary/aromatic N) is 5. The molecule has 6 aromatic rings. The van der Waals surface area contributed by atoms with Crippen LogP contribution >= 0.6 is 11.3 Å². The molecule has 188 valence electrons. The number of thiophene rings is 1. The summed E-state index contributed by atoms with van der Waals surface area (Å²) in [7, 11) is 0. The number of ketones is 1. The fourth-order valence-electron chi connectivity index (χ4n) is 4.06. The number of pyridine rings is 3. The number of H-pyrrole nitrogens is 2. The lowest BCUT2D eigenvalue weighted by molar-refractivity contribution is -0.118. The number of fused-ring (bicyclic) bond motifs is 2. The van der Waals surface area contributed by atoms with Crippen LogP contribution < -0.4 is 5.32 Å². The number of carbonyl (C=O) groups excluding carboxylic acids is 2. The first kappa shape index (κ1) is 23.6. The van der Waals surface area contributed by atoms with Crippen LogP contribution in [0.2, 0.25) is 0 Å². The molecule has 0 aromatic carbocycles. The van der Waals surface area contributed by atoms with Gasteiger partial charge in [-0.1, -0.05) is 13.8 Å². The third-order valence-corrected chi connectivity index (χ3v) is 7.29. The summed E-state index contributed by atoms with van der Waals surface area (Å²) < 4.78 is 0. The van der Waals surface area contributed by atoms with E-state index in [1.807, 2.05) is 50.2 Å². The summed E-state index contributed by atoms with van der Waals surface area (Å²) >= 11 is 1.43. The standard InChI is InChI=1S/C27H22N8O2S/c1-13(2)27(37)30-16-10-15(11-28-12-16)18-4-5-19-23(31-18)24(35-34-19)26-32-22-17(8-9-29-25(22)33-26)21-7-6-20(38-21)14(3)36/h4-13H,1-3H3,(H,30,37)(H,34,35)(H,29,32,33). The lowest BCUT2D eigenvalue weighted by Gasteiger charge is -2.08. The van der Waals surface area contributed by atoms with E-state index in [9.17, 15) is 9.59 Å². The van der Waals surface area contributed by atoms with Gasteiger partial charge < -0.3 is 10.3 Å². The Morgan fingerprint density at radius 2 is 1.92 bits per heavy atom. The number of rotatable bonds is 6. The van der Waals surface area contributed by atoms with Crippen LogP contribution in [0.25, 0.3) is 55.4 Å². The molecule has 0 aliphatic carbocycles. The van der Waals surface area contributed by atoms with Crippen LogP contribution in [0.5, 0.6) is 0 Å². The highest BCUT2D eigenvalue weighted by Crippen LogP contribution is 2.34. The zero-order valence-electron chi connectivity index (χ0n) is 20.7. The minimum atomic E-state index is -0.142. The minimum absolute atomic E-state index is 0.0322. The molecule has 0 atom stereocenters. The molecule has 0 bridgehead atoms. The van der Waals surface area contributed by atoms with Gasteiger partial charge in [-0.05, 0) is 43.3 Å². The summed E-state index contributed by atoms with van der Waals surface area (Å²) in [4.78, 5) is 47.2. The van der Waals surface area contributed by atoms with Crippen LogP contribution in [-0.2, 0) is 4.79 Å². The lowest BCUT2D eigenvalue weighted by atomic mass is 10.1. The smallest absolute Gasteiger partial charge is 0.226 e. The first-order chi connectivity index (χ1) is 18.4. The number of carbonyl (C=O) groups is 2. The van der Waals surface area contributed by atoms with E-state index in [1.54, 1.807) is 25.5 Å². The molecule has 0 unspecified atom stereocenters. The normalized spacial score (nSPS) is 11.5. The van der Waals surface area contributed by atoms with Crippen molar-refractivity contribution in [2.24, 2.45) is 5.92 Å². The van der Waals surface area contributed by atoms with E-state index in [1.165, 1.54) is 11.3 Å². The molecule has 0 saturated carbocycles. The fourth-order valence-corrected chi connectivity index (χ4v) is 4.99. The van der Waals surface area contributed by atoms with E-state index in [2.05, 4.69) is 35.5 Å². The largest absolute Gasteiger partial charge is 0.335 e. The molecule has 0 fully saturated rings. The second-order valence-electron chi connectivity index (χ2n) is 9.13. The van der Waals surface area contributed by atoms with Crippen LogP contribution in [0.4, 0.5) is 5.69 Å². The number of aromatic amines is 2. The molecule has 11 heteroatoms. The summed E-state index contributed by atoms with van der Waals surface area (Å²) in [5, 5.41) is 10.4. The maximum absolute atomic E-state index is 12.1. The Bertz CT molecular complexity index is 1850. The first-order valence-corrected chi connectivity index (χ1v) is 12.8. The molecule has 10 nitrogen and oxygen atoms in total. The Morgan fingerprint density at radius 1 is 1.05 bits per heavy atom. The average molecular weight is 523 g/mol. The van der Waals surface area contributed by atoms with Gasteiger partial charge >= 0.3 is 0 Å².